The van der Waals surface area contributed by atoms with Gasteiger partial charge in [-0.2, -0.15) is 0 Å². The Labute approximate surface area is 99.2 Å². The first-order valence-corrected chi connectivity index (χ1v) is 6.85. The first-order valence-electron chi connectivity index (χ1n) is 6.85. The second-order valence-electron chi connectivity index (χ2n) is 5.47. The molecule has 0 aromatic carbocycles. The van der Waals surface area contributed by atoms with E-state index in [9.17, 15) is 5.11 Å². The molecular weight excluding hydrogens is 200 g/mol. The molecule has 2 saturated carbocycles. The van der Waals surface area contributed by atoms with Gasteiger partial charge in [0.1, 0.15) is 0 Å². The lowest BCUT2D eigenvalue weighted by Gasteiger charge is -2.38. The predicted molar refractivity (Wildman–Crippen MR) is 66.5 cm³/mol. The Hall–Kier alpha value is -0.120. The fraction of sp³-hybridized carbons (Fsp3) is 1.00. The van der Waals surface area contributed by atoms with Crippen molar-refractivity contribution >= 4 is 0 Å². The van der Waals surface area contributed by atoms with Gasteiger partial charge in [-0.3, -0.25) is 0 Å². The molecule has 0 aromatic rings. The fourth-order valence-corrected chi connectivity index (χ4v) is 2.63. The van der Waals surface area contributed by atoms with Gasteiger partial charge in [0.2, 0.25) is 0 Å². The van der Waals surface area contributed by atoms with Crippen molar-refractivity contribution in [3.05, 3.63) is 0 Å². The molecule has 2 aliphatic carbocycles. The number of hydrogen-bond acceptors (Lipinski definition) is 3. The summed E-state index contributed by atoms with van der Waals surface area (Å²) in [6.07, 6.45) is 5.18. The minimum Gasteiger partial charge on any atom is -0.394 e. The Morgan fingerprint density at radius 3 is 2.19 bits per heavy atom. The van der Waals surface area contributed by atoms with Crippen LogP contribution in [0.15, 0.2) is 0 Å². The zero-order valence-electron chi connectivity index (χ0n) is 10.7. The average Bonchev–Trinajstić information content (AvgIpc) is 3.16. The number of aliphatic hydroxyl groups is 1. The highest BCUT2D eigenvalue weighted by Gasteiger charge is 2.47. The van der Waals surface area contributed by atoms with Crippen molar-refractivity contribution in [3.8, 4) is 0 Å². The summed E-state index contributed by atoms with van der Waals surface area (Å²) in [6, 6.07) is 0.684. The van der Waals surface area contributed by atoms with Gasteiger partial charge >= 0.3 is 0 Å². The van der Waals surface area contributed by atoms with E-state index in [2.05, 4.69) is 24.1 Å². The van der Waals surface area contributed by atoms with Crippen molar-refractivity contribution in [1.82, 2.24) is 10.2 Å². The van der Waals surface area contributed by atoms with Crippen LogP contribution in [0.1, 0.15) is 39.5 Å². The first-order chi connectivity index (χ1) is 7.74. The molecule has 0 bridgehead atoms. The van der Waals surface area contributed by atoms with Crippen LogP contribution in [0.25, 0.3) is 0 Å². The van der Waals surface area contributed by atoms with E-state index >= 15 is 0 Å². The molecule has 16 heavy (non-hydrogen) atoms. The molecule has 2 N–H and O–H groups in total. The van der Waals surface area contributed by atoms with Crippen LogP contribution in [0, 0.1) is 5.92 Å². The predicted octanol–water partition coefficient (Wildman–Crippen LogP) is 1.22. The molecule has 2 aliphatic rings. The molecule has 0 spiro atoms. The van der Waals surface area contributed by atoms with Gasteiger partial charge in [0, 0.05) is 12.6 Å². The van der Waals surface area contributed by atoms with Gasteiger partial charge in [-0.05, 0) is 44.7 Å². The summed E-state index contributed by atoms with van der Waals surface area (Å²) in [7, 11) is 0. The van der Waals surface area contributed by atoms with E-state index < -0.39 is 0 Å². The quantitative estimate of drug-likeness (QED) is 0.653. The molecule has 1 atom stereocenters. The molecule has 0 aliphatic heterocycles. The highest BCUT2D eigenvalue weighted by atomic mass is 16.3. The summed E-state index contributed by atoms with van der Waals surface area (Å²) >= 11 is 0. The van der Waals surface area contributed by atoms with Crippen molar-refractivity contribution in [1.29, 1.82) is 0 Å². The maximum atomic E-state index is 9.81. The van der Waals surface area contributed by atoms with E-state index in [0.717, 1.165) is 19.6 Å². The molecule has 0 amide bonds. The van der Waals surface area contributed by atoms with Crippen LogP contribution >= 0.6 is 0 Å². The van der Waals surface area contributed by atoms with Crippen molar-refractivity contribution in [2.45, 2.75) is 51.1 Å². The smallest absolute Gasteiger partial charge is 0.0628 e. The second kappa shape index (κ2) is 5.03. The molecular formula is C13H26N2O. The lowest BCUT2D eigenvalue weighted by atomic mass is 9.93. The van der Waals surface area contributed by atoms with Gasteiger partial charge in [-0.15, -0.1) is 0 Å². The summed E-state index contributed by atoms with van der Waals surface area (Å²) in [4.78, 5) is 2.43. The summed E-state index contributed by atoms with van der Waals surface area (Å²) in [5, 5.41) is 13.5. The van der Waals surface area contributed by atoms with Crippen molar-refractivity contribution in [2.75, 3.05) is 26.2 Å². The van der Waals surface area contributed by atoms with Crippen LogP contribution in [-0.2, 0) is 0 Å². The highest BCUT2D eigenvalue weighted by molar-refractivity contribution is 5.06. The van der Waals surface area contributed by atoms with Crippen LogP contribution < -0.4 is 5.32 Å². The molecule has 0 heterocycles. The number of nitrogens with zero attached hydrogens (tertiary/aromatic N) is 1. The van der Waals surface area contributed by atoms with Gasteiger partial charge in [-0.25, -0.2) is 0 Å². The number of aliphatic hydroxyl groups excluding tert-OH is 1. The largest absolute Gasteiger partial charge is 0.394 e. The van der Waals surface area contributed by atoms with Gasteiger partial charge < -0.3 is 15.3 Å². The average molecular weight is 226 g/mol. The van der Waals surface area contributed by atoms with Crippen molar-refractivity contribution in [2.24, 2.45) is 5.92 Å². The lowest BCUT2D eigenvalue weighted by Crippen LogP contribution is -2.58. The second-order valence-corrected chi connectivity index (χ2v) is 5.47. The number of rotatable bonds is 8. The summed E-state index contributed by atoms with van der Waals surface area (Å²) < 4.78 is 0. The van der Waals surface area contributed by atoms with Crippen LogP contribution in [0.3, 0.4) is 0 Å². The lowest BCUT2D eigenvalue weighted by molar-refractivity contribution is 0.0930. The Bertz CT molecular complexity index is 222. The standard InChI is InChI=1S/C13H26N2O/c1-3-15(4-2)9-13(10-16,11-5-6-11)14-12-7-8-12/h11-12,14,16H,3-10H2,1-2H3. The molecule has 2 fully saturated rings. The zero-order valence-corrected chi connectivity index (χ0v) is 10.7. The van der Waals surface area contributed by atoms with Gasteiger partial charge in [0.15, 0.2) is 0 Å². The Morgan fingerprint density at radius 2 is 1.81 bits per heavy atom. The third-order valence-electron chi connectivity index (χ3n) is 4.11. The third kappa shape index (κ3) is 2.76. The van der Waals surface area contributed by atoms with Gasteiger partial charge in [0.25, 0.3) is 0 Å². The van der Waals surface area contributed by atoms with Crippen molar-refractivity contribution < 1.29 is 5.11 Å². The number of likely N-dealkylation sites (N-methyl/N-ethyl adjacent to an activating group) is 1. The Balaban J connectivity index is 1.98. The van der Waals surface area contributed by atoms with E-state index in [1.54, 1.807) is 0 Å². The molecule has 0 saturated heterocycles. The minimum atomic E-state index is -0.00676. The van der Waals surface area contributed by atoms with Crippen LogP contribution in [0.5, 0.6) is 0 Å². The maximum absolute atomic E-state index is 9.81. The maximum Gasteiger partial charge on any atom is 0.0628 e. The Kier molecular flexibility index (Phi) is 3.88. The summed E-state index contributed by atoms with van der Waals surface area (Å²) in [6.45, 7) is 7.88. The zero-order chi connectivity index (χ0) is 11.6. The number of nitrogens with one attached hydrogen (secondary N) is 1. The van der Waals surface area contributed by atoms with Crippen molar-refractivity contribution in [3.63, 3.8) is 0 Å². The molecule has 0 radical (unpaired) electrons. The van der Waals surface area contributed by atoms with Gasteiger partial charge in [-0.1, -0.05) is 13.8 Å². The normalized spacial score (nSPS) is 24.8. The molecule has 3 heteroatoms. The molecule has 1 unspecified atom stereocenters. The first kappa shape index (κ1) is 12.3. The van der Waals surface area contributed by atoms with Crippen LogP contribution in [0.4, 0.5) is 0 Å². The Morgan fingerprint density at radius 1 is 1.19 bits per heavy atom. The molecule has 2 rings (SSSR count). The highest BCUT2D eigenvalue weighted by Crippen LogP contribution is 2.41. The summed E-state index contributed by atoms with van der Waals surface area (Å²) in [5.41, 5.74) is -0.00676. The van der Waals surface area contributed by atoms with E-state index in [4.69, 9.17) is 0 Å². The summed E-state index contributed by atoms with van der Waals surface area (Å²) in [5.74, 6) is 0.707. The third-order valence-corrected chi connectivity index (χ3v) is 4.11. The van der Waals surface area contributed by atoms with Gasteiger partial charge in [0.05, 0.1) is 12.1 Å². The van der Waals surface area contributed by atoms with Crippen LogP contribution in [0.2, 0.25) is 0 Å². The SMILES string of the molecule is CCN(CC)CC(CO)(NC1CC1)C1CC1. The van der Waals surface area contributed by atoms with Crippen LogP contribution in [-0.4, -0.2) is 47.8 Å². The van der Waals surface area contributed by atoms with E-state index in [1.807, 2.05) is 0 Å². The molecule has 0 aromatic heterocycles. The van der Waals surface area contributed by atoms with E-state index in [-0.39, 0.29) is 5.54 Å². The monoisotopic (exact) mass is 226 g/mol. The number of hydrogen-bond donors (Lipinski definition) is 2. The minimum absolute atomic E-state index is 0.00676. The topological polar surface area (TPSA) is 35.5 Å². The fourth-order valence-electron chi connectivity index (χ4n) is 2.63. The molecule has 94 valence electrons. The molecule has 3 nitrogen and oxygen atoms in total. The van der Waals surface area contributed by atoms with E-state index in [1.165, 1.54) is 25.7 Å². The van der Waals surface area contributed by atoms with E-state index in [0.29, 0.717) is 18.6 Å².